The molecule has 1 aliphatic rings. The Morgan fingerprint density at radius 2 is 0.855 bits per heavy atom. The van der Waals surface area contributed by atoms with Crippen LogP contribution in [0.3, 0.4) is 0 Å². The van der Waals surface area contributed by atoms with Crippen LogP contribution >= 0.6 is 11.3 Å². The predicted octanol–water partition coefficient (Wildman–Crippen LogP) is 15.5. The quantitative estimate of drug-likeness (QED) is 0.160. The fraction of sp³-hybridized carbons (Fsp3) is 0.0169. The number of benzene rings is 9. The van der Waals surface area contributed by atoms with Crippen LogP contribution in [0, 0.1) is 0 Å². The van der Waals surface area contributed by atoms with Crippen molar-refractivity contribution < 1.29 is 0 Å². The molecule has 0 spiro atoms. The lowest BCUT2D eigenvalue weighted by atomic mass is 9.67. The number of thiophene rings is 1. The molecule has 2 heterocycles. The fourth-order valence-corrected chi connectivity index (χ4v) is 11.0. The van der Waals surface area contributed by atoms with Crippen LogP contribution in [0.1, 0.15) is 22.3 Å². The highest BCUT2D eigenvalue weighted by molar-refractivity contribution is 7.26. The lowest BCUT2D eigenvalue weighted by Crippen LogP contribution is -2.28. The molecule has 2 nitrogen and oxygen atoms in total. The molecule has 1 aliphatic carbocycles. The standard InChI is InChI=1S/C59H38N2S/c1-3-16-41(17-4-1)58-60-54(38-55(61-58)44-20-13-19-43(36-44)47-27-15-28-51-50-26-9-12-31-56(50)62-57(47)51)40-34-32-39(33-35-40)42-18-14-23-46(37-42)59(45-21-5-2-6-22-45)52-29-10-7-24-48(52)49-25-8-11-30-53(49)59/h1-38H. The van der Waals surface area contributed by atoms with Crippen LogP contribution in [-0.4, -0.2) is 9.97 Å². The van der Waals surface area contributed by atoms with Gasteiger partial charge in [-0.15, -0.1) is 11.3 Å². The highest BCUT2D eigenvalue weighted by Gasteiger charge is 2.45. The molecule has 290 valence electrons. The Bertz CT molecular complexity index is 3410. The molecule has 0 aliphatic heterocycles. The van der Waals surface area contributed by atoms with Gasteiger partial charge in [-0.25, -0.2) is 9.97 Å². The van der Waals surface area contributed by atoms with Gasteiger partial charge < -0.3 is 0 Å². The Morgan fingerprint density at radius 3 is 1.63 bits per heavy atom. The van der Waals surface area contributed by atoms with Crippen molar-refractivity contribution >= 4 is 31.5 Å². The molecule has 12 rings (SSSR count). The average molecular weight is 807 g/mol. The molecule has 0 radical (unpaired) electrons. The highest BCUT2D eigenvalue weighted by Crippen LogP contribution is 2.56. The summed E-state index contributed by atoms with van der Waals surface area (Å²) in [5.74, 6) is 0.704. The van der Waals surface area contributed by atoms with Crippen LogP contribution in [0.25, 0.3) is 87.5 Å². The Labute approximate surface area is 365 Å². The SMILES string of the molecule is c1ccc(-c2nc(-c3ccc(-c4cccc(C5(c6ccccc6)c6ccccc6-c6ccccc65)c4)cc3)cc(-c3cccc(-c4cccc5c4sc4ccccc45)c3)n2)cc1. The number of hydrogen-bond acceptors (Lipinski definition) is 3. The zero-order chi connectivity index (χ0) is 41.0. The van der Waals surface area contributed by atoms with E-state index in [-0.39, 0.29) is 0 Å². The van der Waals surface area contributed by atoms with Crippen LogP contribution in [0.15, 0.2) is 231 Å². The molecule has 9 aromatic carbocycles. The second kappa shape index (κ2) is 14.8. The fourth-order valence-electron chi connectivity index (χ4n) is 9.76. The van der Waals surface area contributed by atoms with E-state index in [1.807, 2.05) is 29.5 Å². The molecule has 0 saturated heterocycles. The van der Waals surface area contributed by atoms with Crippen molar-refractivity contribution in [1.29, 1.82) is 0 Å². The van der Waals surface area contributed by atoms with Gasteiger partial charge in [-0.05, 0) is 79.9 Å². The van der Waals surface area contributed by atoms with Crippen LogP contribution < -0.4 is 0 Å². The van der Waals surface area contributed by atoms with Crippen molar-refractivity contribution in [2.24, 2.45) is 0 Å². The molecule has 0 saturated carbocycles. The van der Waals surface area contributed by atoms with E-state index < -0.39 is 5.41 Å². The molecule has 3 heteroatoms. The topological polar surface area (TPSA) is 25.8 Å². The van der Waals surface area contributed by atoms with E-state index in [9.17, 15) is 0 Å². The Balaban J connectivity index is 0.946. The van der Waals surface area contributed by atoms with Crippen LogP contribution in [0.2, 0.25) is 0 Å². The summed E-state index contributed by atoms with van der Waals surface area (Å²) in [4.78, 5) is 10.4. The Morgan fingerprint density at radius 1 is 0.323 bits per heavy atom. The number of fused-ring (bicyclic) bond motifs is 6. The van der Waals surface area contributed by atoms with Gasteiger partial charge in [0.25, 0.3) is 0 Å². The van der Waals surface area contributed by atoms with Gasteiger partial charge in [-0.2, -0.15) is 0 Å². The van der Waals surface area contributed by atoms with Crippen molar-refractivity contribution in [2.75, 3.05) is 0 Å². The predicted molar refractivity (Wildman–Crippen MR) is 259 cm³/mol. The van der Waals surface area contributed by atoms with E-state index >= 15 is 0 Å². The molecule has 11 aromatic rings. The molecule has 0 bridgehead atoms. The highest BCUT2D eigenvalue weighted by atomic mass is 32.1. The summed E-state index contributed by atoms with van der Waals surface area (Å²) >= 11 is 1.86. The van der Waals surface area contributed by atoms with Crippen LogP contribution in [0.5, 0.6) is 0 Å². The molecule has 2 aromatic heterocycles. The summed E-state index contributed by atoms with van der Waals surface area (Å²) < 4.78 is 2.61. The van der Waals surface area contributed by atoms with E-state index in [2.05, 4.69) is 212 Å². The lowest BCUT2D eigenvalue weighted by molar-refractivity contribution is 0.769. The second-order valence-corrected chi connectivity index (χ2v) is 17.1. The first-order chi connectivity index (χ1) is 30.7. The number of aromatic nitrogens is 2. The van der Waals surface area contributed by atoms with Crippen LogP contribution in [-0.2, 0) is 5.41 Å². The molecule has 0 atom stereocenters. The van der Waals surface area contributed by atoms with E-state index in [1.165, 1.54) is 70.2 Å². The maximum Gasteiger partial charge on any atom is 0.160 e. The molecule has 62 heavy (non-hydrogen) atoms. The molecule has 0 fully saturated rings. The van der Waals surface area contributed by atoms with Gasteiger partial charge >= 0.3 is 0 Å². The summed E-state index contributed by atoms with van der Waals surface area (Å²) in [6.45, 7) is 0. The largest absolute Gasteiger partial charge is 0.228 e. The van der Waals surface area contributed by atoms with Crippen molar-refractivity contribution in [3.05, 3.63) is 253 Å². The third-order valence-corrected chi connectivity index (χ3v) is 13.8. The maximum atomic E-state index is 5.20. The van der Waals surface area contributed by atoms with Gasteiger partial charge in [0, 0.05) is 36.9 Å². The first kappa shape index (κ1) is 36.2. The molecule has 0 N–H and O–H groups in total. The summed E-state index contributed by atoms with van der Waals surface area (Å²) in [6.07, 6.45) is 0. The van der Waals surface area contributed by atoms with Crippen LogP contribution in [0.4, 0.5) is 0 Å². The van der Waals surface area contributed by atoms with E-state index in [1.54, 1.807) is 0 Å². The second-order valence-electron chi connectivity index (χ2n) is 16.1. The van der Waals surface area contributed by atoms with Gasteiger partial charge in [-0.3, -0.25) is 0 Å². The summed E-state index contributed by atoms with van der Waals surface area (Å²) in [5.41, 5.74) is 16.9. The minimum Gasteiger partial charge on any atom is -0.228 e. The van der Waals surface area contributed by atoms with Gasteiger partial charge in [0.05, 0.1) is 16.8 Å². The Hall–Kier alpha value is -7.72. The zero-order valence-corrected chi connectivity index (χ0v) is 34.6. The third-order valence-electron chi connectivity index (χ3n) is 12.6. The van der Waals surface area contributed by atoms with Gasteiger partial charge in [0.2, 0.25) is 0 Å². The van der Waals surface area contributed by atoms with Crippen molar-refractivity contribution in [3.63, 3.8) is 0 Å². The van der Waals surface area contributed by atoms with Gasteiger partial charge in [0.1, 0.15) is 0 Å². The van der Waals surface area contributed by atoms with Crippen molar-refractivity contribution in [1.82, 2.24) is 9.97 Å². The summed E-state index contributed by atoms with van der Waals surface area (Å²) in [7, 11) is 0. The first-order valence-corrected chi connectivity index (χ1v) is 22.0. The summed E-state index contributed by atoms with van der Waals surface area (Å²) in [5, 5.41) is 2.60. The smallest absolute Gasteiger partial charge is 0.160 e. The molecule has 0 unspecified atom stereocenters. The minimum atomic E-state index is -0.447. The van der Waals surface area contributed by atoms with E-state index in [0.29, 0.717) is 5.82 Å². The molecular formula is C59H38N2S. The third kappa shape index (κ3) is 5.85. The Kier molecular flexibility index (Phi) is 8.62. The summed E-state index contributed by atoms with van der Waals surface area (Å²) in [6, 6.07) is 83.4. The molecule has 0 amide bonds. The average Bonchev–Trinajstić information content (AvgIpc) is 3.89. The first-order valence-electron chi connectivity index (χ1n) is 21.1. The molecular weight excluding hydrogens is 769 g/mol. The number of nitrogens with zero attached hydrogens (tertiary/aromatic N) is 2. The van der Waals surface area contributed by atoms with E-state index in [4.69, 9.17) is 9.97 Å². The van der Waals surface area contributed by atoms with Gasteiger partial charge in [0.15, 0.2) is 5.82 Å². The number of rotatable bonds is 7. The maximum absolute atomic E-state index is 5.20. The minimum absolute atomic E-state index is 0.447. The monoisotopic (exact) mass is 806 g/mol. The normalized spacial score (nSPS) is 12.6. The van der Waals surface area contributed by atoms with E-state index in [0.717, 1.165) is 33.6 Å². The number of hydrogen-bond donors (Lipinski definition) is 0. The lowest BCUT2D eigenvalue weighted by Gasteiger charge is -2.34. The van der Waals surface area contributed by atoms with Crippen molar-refractivity contribution in [2.45, 2.75) is 5.41 Å². The van der Waals surface area contributed by atoms with Crippen molar-refractivity contribution in [3.8, 4) is 67.3 Å². The van der Waals surface area contributed by atoms with Gasteiger partial charge in [-0.1, -0.05) is 206 Å². The zero-order valence-electron chi connectivity index (χ0n) is 33.7.